The fraction of sp³-hybridized carbons (Fsp3) is 0.200. The van der Waals surface area contributed by atoms with E-state index < -0.39 is 0 Å². The van der Waals surface area contributed by atoms with Gasteiger partial charge < -0.3 is 14.8 Å². The summed E-state index contributed by atoms with van der Waals surface area (Å²) in [4.78, 5) is 40.3. The molecule has 11 heteroatoms. The third-order valence-corrected chi connectivity index (χ3v) is 5.91. The second-order valence-corrected chi connectivity index (χ2v) is 7.95. The molecule has 5 rings (SSSR count). The van der Waals surface area contributed by atoms with Crippen LogP contribution in [0.5, 0.6) is 0 Å². The number of aromatic nitrogens is 5. The molecular formula is C20H18N8O2S. The van der Waals surface area contributed by atoms with Gasteiger partial charge in [-0.05, 0) is 30.3 Å². The fourth-order valence-electron chi connectivity index (χ4n) is 3.40. The van der Waals surface area contributed by atoms with Crippen LogP contribution in [-0.4, -0.2) is 73.1 Å². The molecule has 31 heavy (non-hydrogen) atoms. The first-order chi connectivity index (χ1) is 15.2. The lowest BCUT2D eigenvalue weighted by Crippen LogP contribution is -2.51. The van der Waals surface area contributed by atoms with Crippen LogP contribution >= 0.6 is 11.3 Å². The monoisotopic (exact) mass is 434 g/mol. The van der Waals surface area contributed by atoms with E-state index in [9.17, 15) is 9.59 Å². The Kier molecular flexibility index (Phi) is 5.00. The normalized spacial score (nSPS) is 14.1. The molecule has 1 aromatic carbocycles. The highest BCUT2D eigenvalue weighted by Crippen LogP contribution is 2.24. The number of nitrogens with zero attached hydrogens (tertiary/aromatic N) is 6. The van der Waals surface area contributed by atoms with E-state index in [1.807, 2.05) is 24.3 Å². The van der Waals surface area contributed by atoms with Gasteiger partial charge >= 0.3 is 6.03 Å². The van der Waals surface area contributed by atoms with Gasteiger partial charge in [0, 0.05) is 37.9 Å². The minimum absolute atomic E-state index is 0.0549. The number of benzene rings is 1. The summed E-state index contributed by atoms with van der Waals surface area (Å²) in [5.41, 5.74) is 2.96. The molecule has 1 aliphatic heterocycles. The molecule has 0 atom stereocenters. The third-order valence-electron chi connectivity index (χ3n) is 5.04. The number of H-pyrrole nitrogens is 1. The molecule has 2 N–H and O–H groups in total. The molecule has 0 aliphatic carbocycles. The Bertz CT molecular complexity index is 1230. The van der Waals surface area contributed by atoms with Crippen molar-refractivity contribution in [3.05, 3.63) is 54.5 Å². The summed E-state index contributed by atoms with van der Waals surface area (Å²) in [6, 6.07) is 10.7. The predicted molar refractivity (Wildman–Crippen MR) is 116 cm³/mol. The number of hydrogen-bond acceptors (Lipinski definition) is 7. The van der Waals surface area contributed by atoms with E-state index in [4.69, 9.17) is 0 Å². The highest BCUT2D eigenvalue weighted by atomic mass is 32.1. The van der Waals surface area contributed by atoms with E-state index in [0.29, 0.717) is 47.6 Å². The number of carbonyl (C=O) groups is 2. The van der Waals surface area contributed by atoms with Crippen LogP contribution in [0.1, 0.15) is 10.4 Å². The van der Waals surface area contributed by atoms with Crippen LogP contribution in [0.25, 0.3) is 21.7 Å². The molecule has 10 nitrogen and oxygen atoms in total. The Morgan fingerprint density at radius 1 is 1.00 bits per heavy atom. The van der Waals surface area contributed by atoms with Crippen molar-refractivity contribution in [3.8, 4) is 10.7 Å². The molecule has 1 fully saturated rings. The van der Waals surface area contributed by atoms with Crippen LogP contribution in [0.3, 0.4) is 0 Å². The second kappa shape index (κ2) is 8.11. The van der Waals surface area contributed by atoms with E-state index in [1.165, 1.54) is 11.3 Å². The maximum Gasteiger partial charge on any atom is 0.323 e. The van der Waals surface area contributed by atoms with E-state index >= 15 is 0 Å². The average molecular weight is 434 g/mol. The van der Waals surface area contributed by atoms with Gasteiger partial charge in [0.05, 0.1) is 17.4 Å². The van der Waals surface area contributed by atoms with Crippen molar-refractivity contribution < 1.29 is 9.59 Å². The number of nitrogens with one attached hydrogen (secondary N) is 2. The zero-order valence-corrected chi connectivity index (χ0v) is 17.2. The Morgan fingerprint density at radius 3 is 2.65 bits per heavy atom. The number of amides is 3. The Morgan fingerprint density at radius 2 is 1.84 bits per heavy atom. The minimum Gasteiger partial charge on any atom is -0.345 e. The first-order valence-corrected chi connectivity index (χ1v) is 10.5. The fourth-order valence-corrected chi connectivity index (χ4v) is 4.11. The van der Waals surface area contributed by atoms with Crippen molar-refractivity contribution in [2.24, 2.45) is 0 Å². The maximum atomic E-state index is 12.8. The van der Waals surface area contributed by atoms with Crippen LogP contribution in [0.15, 0.2) is 48.9 Å². The summed E-state index contributed by atoms with van der Waals surface area (Å²) in [5, 5.41) is 11.9. The summed E-state index contributed by atoms with van der Waals surface area (Å²) in [6.07, 6.45) is 3.29. The number of imidazole rings is 1. The lowest BCUT2D eigenvalue weighted by molar-refractivity contribution is 0.0672. The van der Waals surface area contributed by atoms with Gasteiger partial charge in [-0.25, -0.2) is 9.78 Å². The minimum atomic E-state index is -0.255. The van der Waals surface area contributed by atoms with Gasteiger partial charge in [0.15, 0.2) is 5.01 Å². The molecule has 0 saturated carbocycles. The van der Waals surface area contributed by atoms with Gasteiger partial charge in [0.2, 0.25) is 5.13 Å². The molecule has 0 unspecified atom stereocenters. The molecule has 1 saturated heterocycles. The number of fused-ring (bicyclic) bond motifs is 1. The Labute approximate surface area is 181 Å². The molecule has 156 valence electrons. The lowest BCUT2D eigenvalue weighted by Gasteiger charge is -2.34. The van der Waals surface area contributed by atoms with E-state index in [0.717, 1.165) is 11.0 Å². The molecule has 0 spiro atoms. The molecule has 0 radical (unpaired) electrons. The highest BCUT2D eigenvalue weighted by Gasteiger charge is 2.25. The van der Waals surface area contributed by atoms with Crippen LogP contribution in [-0.2, 0) is 0 Å². The van der Waals surface area contributed by atoms with Crippen molar-refractivity contribution in [2.75, 3.05) is 31.5 Å². The number of carbonyl (C=O) groups excluding carboxylic acids is 2. The van der Waals surface area contributed by atoms with Crippen molar-refractivity contribution >= 4 is 39.4 Å². The van der Waals surface area contributed by atoms with Crippen LogP contribution in [0.4, 0.5) is 9.93 Å². The smallest absolute Gasteiger partial charge is 0.323 e. The van der Waals surface area contributed by atoms with Crippen molar-refractivity contribution in [1.82, 2.24) is 34.9 Å². The molecule has 1 aliphatic rings. The van der Waals surface area contributed by atoms with Crippen LogP contribution in [0.2, 0.25) is 0 Å². The zero-order chi connectivity index (χ0) is 21.2. The van der Waals surface area contributed by atoms with Gasteiger partial charge in [0.1, 0.15) is 5.69 Å². The van der Waals surface area contributed by atoms with Gasteiger partial charge in [-0.1, -0.05) is 17.4 Å². The van der Waals surface area contributed by atoms with Crippen LogP contribution < -0.4 is 5.32 Å². The second-order valence-electron chi connectivity index (χ2n) is 6.97. The summed E-state index contributed by atoms with van der Waals surface area (Å²) in [7, 11) is 0. The number of piperazine rings is 1. The largest absolute Gasteiger partial charge is 0.345 e. The topological polar surface area (TPSA) is 120 Å². The van der Waals surface area contributed by atoms with Gasteiger partial charge in [-0.2, -0.15) is 0 Å². The summed E-state index contributed by atoms with van der Waals surface area (Å²) >= 11 is 1.27. The Hall–Kier alpha value is -3.86. The molecule has 0 bridgehead atoms. The summed E-state index contributed by atoms with van der Waals surface area (Å²) in [5.74, 6) is -0.0549. The number of hydrogen-bond donors (Lipinski definition) is 2. The zero-order valence-electron chi connectivity index (χ0n) is 16.4. The van der Waals surface area contributed by atoms with E-state index in [2.05, 4.69) is 30.5 Å². The number of rotatable bonds is 3. The quantitative estimate of drug-likeness (QED) is 0.511. The van der Waals surface area contributed by atoms with Crippen molar-refractivity contribution in [1.29, 1.82) is 0 Å². The SMILES string of the molecule is O=C(Nc1nnc(-c2ccccn2)s1)N1CCN(C(=O)c2ccc3nc[nH]c3c2)CC1. The summed E-state index contributed by atoms with van der Waals surface area (Å²) < 4.78 is 0. The predicted octanol–water partition coefficient (Wildman–Crippen LogP) is 2.47. The van der Waals surface area contributed by atoms with Crippen molar-refractivity contribution in [2.45, 2.75) is 0 Å². The third kappa shape index (κ3) is 3.94. The number of pyridine rings is 1. The van der Waals surface area contributed by atoms with Gasteiger partial charge in [0.25, 0.3) is 5.91 Å². The molecular weight excluding hydrogens is 416 g/mol. The number of aromatic amines is 1. The maximum absolute atomic E-state index is 12.8. The van der Waals surface area contributed by atoms with Crippen LogP contribution in [0, 0.1) is 0 Å². The molecule has 3 aromatic heterocycles. The standard InChI is InChI=1S/C20H18N8O2S/c29-18(13-4-5-14-16(11-13)23-12-22-14)27-7-9-28(10-8-27)20(30)24-19-26-25-17(31-19)15-3-1-2-6-21-15/h1-6,11-12H,7-10H2,(H,22,23)(H,24,26,30). The molecule has 4 aromatic rings. The summed E-state index contributed by atoms with van der Waals surface area (Å²) in [6.45, 7) is 1.80. The van der Waals surface area contributed by atoms with E-state index in [-0.39, 0.29) is 11.9 Å². The first kappa shape index (κ1) is 19.1. The molecule has 4 heterocycles. The van der Waals surface area contributed by atoms with Gasteiger partial charge in [-0.3, -0.25) is 15.1 Å². The Balaban J connectivity index is 1.18. The van der Waals surface area contributed by atoms with Crippen molar-refractivity contribution in [3.63, 3.8) is 0 Å². The number of urea groups is 1. The van der Waals surface area contributed by atoms with Gasteiger partial charge in [-0.15, -0.1) is 10.2 Å². The molecule has 3 amide bonds. The number of anilines is 1. The lowest BCUT2D eigenvalue weighted by atomic mass is 10.1. The first-order valence-electron chi connectivity index (χ1n) is 9.70. The highest BCUT2D eigenvalue weighted by molar-refractivity contribution is 7.18. The average Bonchev–Trinajstić information content (AvgIpc) is 3.48. The van der Waals surface area contributed by atoms with E-state index in [1.54, 1.807) is 34.5 Å².